The monoisotopic (exact) mass is 535 g/mol. The maximum Gasteiger partial charge on any atom is 0.326 e. The van der Waals surface area contributed by atoms with E-state index in [1.165, 1.54) is 19.2 Å². The first kappa shape index (κ1) is 33.1. The molecule has 0 aliphatic heterocycles. The van der Waals surface area contributed by atoms with Gasteiger partial charge in [-0.3, -0.25) is 19.2 Å². The van der Waals surface area contributed by atoms with E-state index in [0.717, 1.165) is 6.42 Å². The van der Waals surface area contributed by atoms with Crippen LogP contribution in [0.5, 0.6) is 11.5 Å². The minimum Gasteiger partial charge on any atom is -0.468 e. The van der Waals surface area contributed by atoms with Gasteiger partial charge < -0.3 is 24.7 Å². The molecule has 0 bridgehead atoms. The number of nitrogens with two attached hydrogens (primary N) is 1. The fourth-order valence-electron chi connectivity index (χ4n) is 3.79. The van der Waals surface area contributed by atoms with Crippen molar-refractivity contribution in [1.82, 2.24) is 0 Å². The highest BCUT2D eigenvalue weighted by Crippen LogP contribution is 2.32. The molecule has 0 radical (unpaired) electrons. The Morgan fingerprint density at radius 3 is 1.89 bits per heavy atom. The van der Waals surface area contributed by atoms with Crippen LogP contribution in [0.4, 0.5) is 0 Å². The molecule has 0 fully saturated rings. The summed E-state index contributed by atoms with van der Waals surface area (Å²) in [6, 6.07) is 4.69. The van der Waals surface area contributed by atoms with E-state index in [2.05, 4.69) is 0 Å². The van der Waals surface area contributed by atoms with E-state index < -0.39 is 29.6 Å². The highest BCUT2D eigenvalue weighted by molar-refractivity contribution is 5.81. The molecule has 0 aromatic heterocycles. The number of hydrogen-bond acceptors (Lipinski definition) is 9. The van der Waals surface area contributed by atoms with Gasteiger partial charge in [0.1, 0.15) is 11.6 Å². The van der Waals surface area contributed by atoms with E-state index in [1.54, 1.807) is 33.8 Å². The summed E-state index contributed by atoms with van der Waals surface area (Å²) in [5.74, 6) is -2.75. The molecule has 2 N–H and O–H groups in total. The lowest BCUT2D eigenvalue weighted by Gasteiger charge is -2.30. The number of rotatable bonds is 15. The number of carbonyl (C=O) groups excluding carboxylic acids is 4. The molecule has 38 heavy (non-hydrogen) atoms. The fourth-order valence-corrected chi connectivity index (χ4v) is 3.79. The lowest BCUT2D eigenvalue weighted by Crippen LogP contribution is -2.53. The second-order valence-electron chi connectivity index (χ2n) is 10.2. The van der Waals surface area contributed by atoms with Crippen LogP contribution >= 0.6 is 0 Å². The molecule has 1 aromatic rings. The molecular weight excluding hydrogens is 490 g/mol. The number of esters is 4. The standard InChI is InChI=1S/C29H45NO8/c1-9-12-20(6)27(33)36-21(7)16-29(30,28(34)35-8)17-22-13-14-23(37-25(31)18(4)10-2)24(15-22)38-26(32)19(5)11-3/h13-15,18-21H,9-12,16-17,30H2,1-8H3/t18?,19?,20?,21?,29-/m1/s1. The topological polar surface area (TPSA) is 131 Å². The molecule has 4 unspecified atom stereocenters. The minimum atomic E-state index is -1.53. The Kier molecular flexibility index (Phi) is 13.5. The van der Waals surface area contributed by atoms with Crippen LogP contribution in [-0.4, -0.2) is 42.6 Å². The molecule has 0 aliphatic rings. The van der Waals surface area contributed by atoms with Gasteiger partial charge in [-0.1, -0.05) is 54.0 Å². The second kappa shape index (κ2) is 15.5. The van der Waals surface area contributed by atoms with Crippen molar-refractivity contribution in [2.75, 3.05) is 7.11 Å². The molecule has 214 valence electrons. The first-order valence-electron chi connectivity index (χ1n) is 13.5. The second-order valence-corrected chi connectivity index (χ2v) is 10.2. The lowest BCUT2D eigenvalue weighted by atomic mass is 9.86. The third kappa shape index (κ3) is 9.74. The Hall–Kier alpha value is -2.94. The van der Waals surface area contributed by atoms with Crippen LogP contribution in [0, 0.1) is 17.8 Å². The zero-order valence-corrected chi connectivity index (χ0v) is 24.1. The third-order valence-corrected chi connectivity index (χ3v) is 6.66. The number of hydrogen-bond donors (Lipinski definition) is 1. The van der Waals surface area contributed by atoms with E-state index in [1.807, 2.05) is 20.8 Å². The Bertz CT molecular complexity index is 962. The normalized spacial score (nSPS) is 15.8. The maximum absolute atomic E-state index is 12.8. The Morgan fingerprint density at radius 2 is 1.39 bits per heavy atom. The van der Waals surface area contributed by atoms with E-state index >= 15 is 0 Å². The van der Waals surface area contributed by atoms with Gasteiger partial charge in [0.2, 0.25) is 0 Å². The van der Waals surface area contributed by atoms with Gasteiger partial charge in [0.25, 0.3) is 0 Å². The first-order chi connectivity index (χ1) is 17.8. The van der Waals surface area contributed by atoms with Crippen LogP contribution in [0.1, 0.15) is 86.1 Å². The number of benzene rings is 1. The van der Waals surface area contributed by atoms with Crippen LogP contribution in [-0.2, 0) is 35.1 Å². The number of ether oxygens (including phenoxy) is 4. The summed E-state index contributed by atoms with van der Waals surface area (Å²) in [6.45, 7) is 12.7. The zero-order chi connectivity index (χ0) is 29.0. The van der Waals surface area contributed by atoms with Crippen molar-refractivity contribution < 1.29 is 38.1 Å². The van der Waals surface area contributed by atoms with Crippen LogP contribution < -0.4 is 15.2 Å². The SMILES string of the molecule is CCCC(C)C(=O)OC(C)C[C@@](N)(Cc1ccc(OC(=O)C(C)CC)c(OC(=O)C(C)CC)c1)C(=O)OC. The molecule has 9 heteroatoms. The van der Waals surface area contributed by atoms with Gasteiger partial charge in [-0.2, -0.15) is 0 Å². The largest absolute Gasteiger partial charge is 0.468 e. The van der Waals surface area contributed by atoms with Crippen LogP contribution in [0.2, 0.25) is 0 Å². The van der Waals surface area contributed by atoms with E-state index in [4.69, 9.17) is 24.7 Å². The molecule has 1 aromatic carbocycles. The molecule has 9 nitrogen and oxygen atoms in total. The van der Waals surface area contributed by atoms with Gasteiger partial charge in [0.15, 0.2) is 11.5 Å². The van der Waals surface area contributed by atoms with Crippen molar-refractivity contribution in [3.05, 3.63) is 23.8 Å². The van der Waals surface area contributed by atoms with Crippen molar-refractivity contribution in [3.63, 3.8) is 0 Å². The molecular formula is C29H45NO8. The molecule has 0 saturated carbocycles. The summed E-state index contributed by atoms with van der Waals surface area (Å²) >= 11 is 0. The summed E-state index contributed by atoms with van der Waals surface area (Å²) in [4.78, 5) is 50.1. The molecule has 0 spiro atoms. The zero-order valence-electron chi connectivity index (χ0n) is 24.1. The minimum absolute atomic E-state index is 0.000448. The summed E-state index contributed by atoms with van der Waals surface area (Å²) in [5.41, 5.74) is 5.55. The van der Waals surface area contributed by atoms with Crippen molar-refractivity contribution in [3.8, 4) is 11.5 Å². The van der Waals surface area contributed by atoms with Crippen LogP contribution in [0.25, 0.3) is 0 Å². The molecule has 0 amide bonds. The Labute approximate surface area is 226 Å². The maximum atomic E-state index is 12.8. The highest BCUT2D eigenvalue weighted by Gasteiger charge is 2.38. The molecule has 1 rings (SSSR count). The van der Waals surface area contributed by atoms with Gasteiger partial charge in [0.05, 0.1) is 24.9 Å². The van der Waals surface area contributed by atoms with Crippen molar-refractivity contribution in [1.29, 1.82) is 0 Å². The van der Waals surface area contributed by atoms with Gasteiger partial charge in [-0.15, -0.1) is 0 Å². The Balaban J connectivity index is 3.28. The predicted octanol–water partition coefficient (Wildman–Crippen LogP) is 4.76. The van der Waals surface area contributed by atoms with E-state index in [-0.39, 0.29) is 48.1 Å². The van der Waals surface area contributed by atoms with E-state index in [0.29, 0.717) is 24.8 Å². The molecule has 0 heterocycles. The van der Waals surface area contributed by atoms with Gasteiger partial charge in [-0.25, -0.2) is 0 Å². The average molecular weight is 536 g/mol. The average Bonchev–Trinajstić information content (AvgIpc) is 2.88. The van der Waals surface area contributed by atoms with Gasteiger partial charge in [-0.05, 0) is 43.9 Å². The van der Waals surface area contributed by atoms with Crippen molar-refractivity contribution in [2.45, 2.75) is 98.6 Å². The van der Waals surface area contributed by atoms with Crippen molar-refractivity contribution in [2.24, 2.45) is 23.5 Å². The molecule has 5 atom stereocenters. The summed E-state index contributed by atoms with van der Waals surface area (Å²) in [5, 5.41) is 0. The molecule has 0 saturated heterocycles. The first-order valence-corrected chi connectivity index (χ1v) is 13.5. The quantitative estimate of drug-likeness (QED) is 0.249. The fraction of sp³-hybridized carbons (Fsp3) is 0.655. The lowest BCUT2D eigenvalue weighted by molar-refractivity contribution is -0.157. The summed E-state index contributed by atoms with van der Waals surface area (Å²) < 4.78 is 21.6. The van der Waals surface area contributed by atoms with Gasteiger partial charge >= 0.3 is 23.9 Å². The third-order valence-electron chi connectivity index (χ3n) is 6.66. The molecule has 0 aliphatic carbocycles. The number of carbonyl (C=O) groups is 4. The smallest absolute Gasteiger partial charge is 0.326 e. The highest BCUT2D eigenvalue weighted by atomic mass is 16.6. The van der Waals surface area contributed by atoms with Crippen LogP contribution in [0.15, 0.2) is 18.2 Å². The summed E-state index contributed by atoms with van der Waals surface area (Å²) in [6.07, 6.45) is 2.07. The number of methoxy groups -OCH3 is 1. The summed E-state index contributed by atoms with van der Waals surface area (Å²) in [7, 11) is 1.24. The van der Waals surface area contributed by atoms with E-state index in [9.17, 15) is 19.2 Å². The van der Waals surface area contributed by atoms with Gasteiger partial charge in [0, 0.05) is 12.8 Å². The van der Waals surface area contributed by atoms with Crippen molar-refractivity contribution >= 4 is 23.9 Å². The predicted molar refractivity (Wildman–Crippen MR) is 144 cm³/mol. The Morgan fingerprint density at radius 1 is 0.842 bits per heavy atom. The van der Waals surface area contributed by atoms with Crippen LogP contribution in [0.3, 0.4) is 0 Å².